The summed E-state index contributed by atoms with van der Waals surface area (Å²) < 4.78 is 34.2. The number of fused-ring (bicyclic) bond motifs is 1. The highest BCUT2D eigenvalue weighted by Gasteiger charge is 2.23. The Hall–Kier alpha value is -3.67. The summed E-state index contributed by atoms with van der Waals surface area (Å²) in [5.74, 6) is 2.20. The van der Waals surface area contributed by atoms with Crippen molar-refractivity contribution in [2.75, 3.05) is 51.2 Å². The zero-order valence-corrected chi connectivity index (χ0v) is 24.1. The predicted octanol–water partition coefficient (Wildman–Crippen LogP) is 4.25. The molecule has 0 bridgehead atoms. The second-order valence-corrected chi connectivity index (χ2v) is 12.0. The lowest BCUT2D eigenvalue weighted by Gasteiger charge is -2.29. The number of aromatic nitrogens is 2. The van der Waals surface area contributed by atoms with E-state index in [0.717, 1.165) is 47.6 Å². The molecule has 0 atom stereocenters. The number of hydrogen-bond donors (Lipinski definition) is 1. The van der Waals surface area contributed by atoms with Crippen LogP contribution in [0.2, 0.25) is 0 Å². The summed E-state index contributed by atoms with van der Waals surface area (Å²) in [6.07, 6.45) is 6.39. The Morgan fingerprint density at radius 2 is 1.80 bits per heavy atom. The van der Waals surface area contributed by atoms with Crippen molar-refractivity contribution >= 4 is 27.4 Å². The summed E-state index contributed by atoms with van der Waals surface area (Å²) in [5.41, 5.74) is 3.66. The SMILES string of the molecule is COC1=Cc2c(ncnc2Nc2ccc(OCc3ccccc3)cc2)CN1OCCCCN(C)CCS(C)(=O)=O. The maximum atomic E-state index is 11.3. The smallest absolute Gasteiger partial charge is 0.214 e. The van der Waals surface area contributed by atoms with Gasteiger partial charge in [0, 0.05) is 30.1 Å². The second-order valence-electron chi connectivity index (χ2n) is 9.70. The molecule has 1 aromatic heterocycles. The Morgan fingerprint density at radius 1 is 1.02 bits per heavy atom. The first-order valence-electron chi connectivity index (χ1n) is 13.2. The first-order valence-corrected chi connectivity index (χ1v) is 15.3. The standard InChI is InChI=1S/C29H37N5O5S/c1-33(16-18-40(3,35)36)15-7-8-17-39-34-20-27-26(19-28(34)37-2)29(31-22-30-27)32-24-11-13-25(14-12-24)38-21-23-9-5-4-6-10-23/h4-6,9-14,19,22H,7-8,15-18,20-21H2,1-3H3,(H,30,31,32). The molecule has 1 aliphatic rings. The largest absolute Gasteiger partial charge is 0.489 e. The van der Waals surface area contributed by atoms with E-state index >= 15 is 0 Å². The minimum absolute atomic E-state index is 0.169. The minimum Gasteiger partial charge on any atom is -0.489 e. The molecule has 1 aliphatic heterocycles. The summed E-state index contributed by atoms with van der Waals surface area (Å²) in [7, 11) is 0.586. The van der Waals surface area contributed by atoms with E-state index in [1.165, 1.54) is 12.6 Å². The van der Waals surface area contributed by atoms with Crippen LogP contribution in [0.25, 0.3) is 6.08 Å². The molecule has 214 valence electrons. The van der Waals surface area contributed by atoms with Crippen molar-refractivity contribution in [2.45, 2.75) is 26.0 Å². The maximum absolute atomic E-state index is 11.3. The number of sulfone groups is 1. The first kappa shape index (κ1) is 29.3. The highest BCUT2D eigenvalue weighted by Crippen LogP contribution is 2.30. The molecule has 0 saturated heterocycles. The molecule has 0 aliphatic carbocycles. The summed E-state index contributed by atoms with van der Waals surface area (Å²) in [6.45, 7) is 2.77. The van der Waals surface area contributed by atoms with Gasteiger partial charge in [-0.15, -0.1) is 0 Å². The molecule has 0 saturated carbocycles. The van der Waals surface area contributed by atoms with Gasteiger partial charge in [0.25, 0.3) is 0 Å². The molecule has 40 heavy (non-hydrogen) atoms. The Labute approximate surface area is 236 Å². The number of rotatable bonds is 15. The Morgan fingerprint density at radius 3 is 2.52 bits per heavy atom. The van der Waals surface area contributed by atoms with E-state index in [1.807, 2.05) is 72.6 Å². The normalized spacial score (nSPS) is 13.1. The third kappa shape index (κ3) is 8.94. The molecule has 11 heteroatoms. The van der Waals surface area contributed by atoms with Gasteiger partial charge < -0.3 is 19.7 Å². The first-order chi connectivity index (χ1) is 19.3. The number of anilines is 2. The fourth-order valence-electron chi connectivity index (χ4n) is 4.09. The van der Waals surface area contributed by atoms with Crippen molar-refractivity contribution in [3.63, 3.8) is 0 Å². The van der Waals surface area contributed by atoms with Gasteiger partial charge in [-0.25, -0.2) is 23.4 Å². The van der Waals surface area contributed by atoms with Gasteiger partial charge in [-0.3, -0.25) is 4.84 Å². The van der Waals surface area contributed by atoms with Gasteiger partial charge in [-0.05, 0) is 56.3 Å². The van der Waals surface area contributed by atoms with Crippen LogP contribution < -0.4 is 10.1 Å². The highest BCUT2D eigenvalue weighted by molar-refractivity contribution is 7.90. The van der Waals surface area contributed by atoms with Crippen molar-refractivity contribution in [2.24, 2.45) is 0 Å². The zero-order chi connectivity index (χ0) is 28.4. The van der Waals surface area contributed by atoms with Gasteiger partial charge in [0.2, 0.25) is 5.88 Å². The Bertz CT molecular complexity index is 1370. The molecule has 2 heterocycles. The Kier molecular flexibility index (Phi) is 10.3. The number of nitrogens with zero attached hydrogens (tertiary/aromatic N) is 4. The molecular formula is C29H37N5O5S. The molecule has 0 amide bonds. The molecule has 4 rings (SSSR count). The van der Waals surface area contributed by atoms with Gasteiger partial charge in [-0.2, -0.15) is 0 Å². The fraction of sp³-hybridized carbons (Fsp3) is 0.379. The number of hydrogen-bond acceptors (Lipinski definition) is 10. The van der Waals surface area contributed by atoms with Crippen LogP contribution in [0, 0.1) is 0 Å². The van der Waals surface area contributed by atoms with Crippen LogP contribution in [0.3, 0.4) is 0 Å². The molecular weight excluding hydrogens is 530 g/mol. The average molecular weight is 568 g/mol. The van der Waals surface area contributed by atoms with E-state index in [4.69, 9.17) is 14.3 Å². The lowest BCUT2D eigenvalue weighted by atomic mass is 10.1. The maximum Gasteiger partial charge on any atom is 0.214 e. The van der Waals surface area contributed by atoms with Crippen LogP contribution in [-0.4, -0.2) is 74.2 Å². The predicted molar refractivity (Wildman–Crippen MR) is 155 cm³/mol. The third-order valence-corrected chi connectivity index (χ3v) is 7.30. The summed E-state index contributed by atoms with van der Waals surface area (Å²) in [4.78, 5) is 16.9. The molecule has 0 spiro atoms. The second kappa shape index (κ2) is 14.1. The number of ether oxygens (including phenoxy) is 2. The van der Waals surface area contributed by atoms with Crippen molar-refractivity contribution in [3.8, 4) is 5.75 Å². The highest BCUT2D eigenvalue weighted by atomic mass is 32.2. The molecule has 3 aromatic rings. The van der Waals surface area contributed by atoms with Crippen molar-refractivity contribution < 1.29 is 22.7 Å². The van der Waals surface area contributed by atoms with E-state index in [-0.39, 0.29) is 5.75 Å². The number of hydroxylamine groups is 2. The molecule has 2 aromatic carbocycles. The van der Waals surface area contributed by atoms with Gasteiger partial charge in [0.15, 0.2) is 0 Å². The van der Waals surface area contributed by atoms with Crippen LogP contribution in [0.4, 0.5) is 11.5 Å². The molecule has 1 N–H and O–H groups in total. The van der Waals surface area contributed by atoms with Crippen molar-refractivity contribution in [1.29, 1.82) is 0 Å². The quantitative estimate of drug-likeness (QED) is 0.268. The molecule has 0 fully saturated rings. The zero-order valence-electron chi connectivity index (χ0n) is 23.2. The van der Waals surface area contributed by atoms with Crippen LogP contribution in [0.5, 0.6) is 5.75 Å². The van der Waals surface area contributed by atoms with Crippen LogP contribution in [-0.2, 0) is 32.6 Å². The van der Waals surface area contributed by atoms with E-state index in [1.54, 1.807) is 12.2 Å². The van der Waals surface area contributed by atoms with Crippen molar-refractivity contribution in [1.82, 2.24) is 19.9 Å². The lowest BCUT2D eigenvalue weighted by Crippen LogP contribution is -2.29. The number of nitrogens with one attached hydrogen (secondary N) is 1. The number of benzene rings is 2. The van der Waals surface area contributed by atoms with Gasteiger partial charge >= 0.3 is 0 Å². The van der Waals surface area contributed by atoms with E-state index < -0.39 is 9.84 Å². The lowest BCUT2D eigenvalue weighted by molar-refractivity contribution is -0.170. The minimum atomic E-state index is -2.95. The van der Waals surface area contributed by atoms with Gasteiger partial charge in [0.05, 0.1) is 31.7 Å². The summed E-state index contributed by atoms with van der Waals surface area (Å²) >= 11 is 0. The van der Waals surface area contributed by atoms with Crippen LogP contribution in [0.1, 0.15) is 29.7 Å². The number of methoxy groups -OCH3 is 1. The third-order valence-electron chi connectivity index (χ3n) is 6.37. The monoisotopic (exact) mass is 567 g/mol. The van der Waals surface area contributed by atoms with E-state index in [9.17, 15) is 8.42 Å². The number of unbranched alkanes of at least 4 members (excludes halogenated alkanes) is 1. The van der Waals surface area contributed by atoms with Crippen molar-refractivity contribution in [3.05, 3.63) is 83.6 Å². The molecule has 0 unspecified atom stereocenters. The molecule has 0 radical (unpaired) electrons. The molecule has 10 nitrogen and oxygen atoms in total. The van der Waals surface area contributed by atoms with Gasteiger partial charge in [-0.1, -0.05) is 30.3 Å². The summed E-state index contributed by atoms with van der Waals surface area (Å²) in [5, 5.41) is 5.07. The Balaban J connectivity index is 1.29. The van der Waals surface area contributed by atoms with E-state index in [2.05, 4.69) is 15.3 Å². The fourth-order valence-corrected chi connectivity index (χ4v) is 4.74. The van der Waals surface area contributed by atoms with Crippen LogP contribution in [0.15, 0.2) is 66.8 Å². The summed E-state index contributed by atoms with van der Waals surface area (Å²) in [6, 6.07) is 17.8. The van der Waals surface area contributed by atoms with Gasteiger partial charge in [0.1, 0.15) is 34.3 Å². The topological polar surface area (TPSA) is 106 Å². The van der Waals surface area contributed by atoms with Crippen LogP contribution >= 0.6 is 0 Å². The van der Waals surface area contributed by atoms with E-state index in [0.29, 0.717) is 38.0 Å². The average Bonchev–Trinajstić information content (AvgIpc) is 2.95.